The number of benzene rings is 5. The van der Waals surface area contributed by atoms with Crippen LogP contribution in [0.1, 0.15) is 22.1 Å². The van der Waals surface area contributed by atoms with Gasteiger partial charge in [0, 0.05) is 10.6 Å². The smallest absolute Gasteiger partial charge is 0.258 e. The van der Waals surface area contributed by atoms with Crippen LogP contribution in [-0.4, -0.2) is 32.1 Å². The maximum absolute atomic E-state index is 13.6. The highest BCUT2D eigenvalue weighted by Gasteiger charge is 2.35. The first-order valence-electron chi connectivity index (χ1n) is 15.4. The van der Waals surface area contributed by atoms with Gasteiger partial charge in [-0.3, -0.25) is 15.0 Å². The lowest BCUT2D eigenvalue weighted by Gasteiger charge is -2.25. The van der Waals surface area contributed by atoms with Gasteiger partial charge >= 0.3 is 0 Å². The van der Waals surface area contributed by atoms with Crippen molar-refractivity contribution < 1.29 is 19.1 Å². The summed E-state index contributed by atoms with van der Waals surface area (Å²) in [5.41, 5.74) is 8.14. The van der Waals surface area contributed by atoms with Crippen molar-refractivity contribution in [3.63, 3.8) is 0 Å². The van der Waals surface area contributed by atoms with E-state index in [0.29, 0.717) is 35.6 Å². The quantitative estimate of drug-likeness (QED) is 0.151. The highest BCUT2D eigenvalue weighted by atomic mass is 35.5. The Balaban J connectivity index is 1.13. The van der Waals surface area contributed by atoms with E-state index in [1.807, 2.05) is 120 Å². The normalized spacial score (nSPS) is 14.3. The van der Waals surface area contributed by atoms with E-state index >= 15 is 0 Å². The van der Waals surface area contributed by atoms with Gasteiger partial charge in [-0.05, 0) is 65.2 Å². The molecule has 6 aromatic rings. The Morgan fingerprint density at radius 3 is 2.17 bits per heavy atom. The van der Waals surface area contributed by atoms with E-state index in [0.717, 1.165) is 33.3 Å². The number of fused-ring (bicyclic) bond motifs is 1. The number of para-hydroxylation sites is 2. The summed E-state index contributed by atoms with van der Waals surface area (Å²) in [4.78, 5) is 31.6. The van der Waals surface area contributed by atoms with E-state index < -0.39 is 5.37 Å². The number of thioether (sulfide) groups is 1. The Kier molecular flexibility index (Phi) is 9.31. The van der Waals surface area contributed by atoms with Crippen molar-refractivity contribution in [3.8, 4) is 22.9 Å². The summed E-state index contributed by atoms with van der Waals surface area (Å²) < 4.78 is 14.3. The van der Waals surface area contributed by atoms with Crippen LogP contribution >= 0.6 is 23.4 Å². The summed E-state index contributed by atoms with van der Waals surface area (Å²) in [6.45, 7) is 0.678. The zero-order valence-corrected chi connectivity index (χ0v) is 27.4. The molecule has 1 aliphatic rings. The van der Waals surface area contributed by atoms with Crippen LogP contribution in [-0.2, 0) is 29.3 Å². The lowest BCUT2D eigenvalue weighted by molar-refractivity contribution is -0.139. The van der Waals surface area contributed by atoms with Crippen molar-refractivity contribution in [1.29, 1.82) is 0 Å². The van der Waals surface area contributed by atoms with Gasteiger partial charge in [0.25, 0.3) is 11.8 Å². The van der Waals surface area contributed by atoms with Gasteiger partial charge in [0.15, 0.2) is 11.5 Å². The number of nitrogens with one attached hydrogen (secondary N) is 1. The molecule has 0 spiro atoms. The molecule has 0 bridgehead atoms. The van der Waals surface area contributed by atoms with Crippen molar-refractivity contribution in [1.82, 2.24) is 20.0 Å². The standard InChI is InChI=1S/C38H31ClN4O4S/c39-30-18-15-28(16-19-30)37-40-31-13-7-8-14-32(31)42(37)22-35(44)41-43-36(45)25-48-38(43)29-17-20-33(46-23-26-9-3-1-4-10-26)34(21-29)47-24-27-11-5-2-6-12-27/h1-21,38H,22-25H2,(H,41,44). The molecule has 1 saturated heterocycles. The second-order valence-corrected chi connectivity index (χ2v) is 12.7. The predicted molar refractivity (Wildman–Crippen MR) is 188 cm³/mol. The predicted octanol–water partition coefficient (Wildman–Crippen LogP) is 7.82. The molecule has 0 saturated carbocycles. The third-order valence-electron chi connectivity index (χ3n) is 7.90. The van der Waals surface area contributed by atoms with Crippen LogP contribution in [0.3, 0.4) is 0 Å². The van der Waals surface area contributed by atoms with E-state index in [2.05, 4.69) is 5.43 Å². The molecule has 1 aromatic heterocycles. The molecule has 1 fully saturated rings. The van der Waals surface area contributed by atoms with Gasteiger partial charge in [-0.25, -0.2) is 9.99 Å². The molecule has 2 amide bonds. The largest absolute Gasteiger partial charge is 0.485 e. The molecule has 240 valence electrons. The Labute approximate surface area is 287 Å². The summed E-state index contributed by atoms with van der Waals surface area (Å²) >= 11 is 7.57. The van der Waals surface area contributed by atoms with Gasteiger partial charge in [-0.1, -0.05) is 90.5 Å². The van der Waals surface area contributed by atoms with Crippen LogP contribution in [0.2, 0.25) is 5.02 Å². The van der Waals surface area contributed by atoms with Gasteiger partial charge in [-0.15, -0.1) is 11.8 Å². The van der Waals surface area contributed by atoms with E-state index in [9.17, 15) is 9.59 Å². The topological polar surface area (TPSA) is 85.7 Å². The summed E-state index contributed by atoms with van der Waals surface area (Å²) in [7, 11) is 0. The van der Waals surface area contributed by atoms with Crippen molar-refractivity contribution >= 4 is 46.2 Å². The number of hydrogen-bond acceptors (Lipinski definition) is 6. The van der Waals surface area contributed by atoms with Crippen molar-refractivity contribution in [3.05, 3.63) is 149 Å². The number of carbonyl (C=O) groups excluding carboxylic acids is 2. The fourth-order valence-corrected chi connectivity index (χ4v) is 6.76. The zero-order valence-electron chi connectivity index (χ0n) is 25.8. The van der Waals surface area contributed by atoms with E-state index in [4.69, 9.17) is 26.1 Å². The molecule has 8 nitrogen and oxygen atoms in total. The number of amides is 2. The zero-order chi connectivity index (χ0) is 32.9. The fraction of sp³-hybridized carbons (Fsp3) is 0.132. The first-order chi connectivity index (χ1) is 23.5. The van der Waals surface area contributed by atoms with Gasteiger partial charge < -0.3 is 14.0 Å². The number of nitrogens with zero attached hydrogens (tertiary/aromatic N) is 3. The minimum atomic E-state index is -0.459. The second-order valence-electron chi connectivity index (χ2n) is 11.2. The Bertz CT molecular complexity index is 2060. The van der Waals surface area contributed by atoms with Crippen LogP contribution in [0.25, 0.3) is 22.4 Å². The maximum Gasteiger partial charge on any atom is 0.258 e. The molecule has 5 aromatic carbocycles. The summed E-state index contributed by atoms with van der Waals surface area (Å²) in [6.07, 6.45) is 0. The van der Waals surface area contributed by atoms with E-state index in [-0.39, 0.29) is 24.1 Å². The van der Waals surface area contributed by atoms with Crippen molar-refractivity contribution in [2.45, 2.75) is 25.1 Å². The molecule has 1 N–H and O–H groups in total. The number of halogens is 1. The summed E-state index contributed by atoms with van der Waals surface area (Å²) in [5, 5.41) is 1.56. The number of hydrogen-bond donors (Lipinski definition) is 1. The third-order valence-corrected chi connectivity index (χ3v) is 9.36. The third kappa shape index (κ3) is 7.02. The highest BCUT2D eigenvalue weighted by molar-refractivity contribution is 8.00. The maximum atomic E-state index is 13.6. The van der Waals surface area contributed by atoms with Crippen LogP contribution in [0.5, 0.6) is 11.5 Å². The van der Waals surface area contributed by atoms with Crippen LogP contribution in [0.4, 0.5) is 0 Å². The molecule has 10 heteroatoms. The molecular weight excluding hydrogens is 644 g/mol. The lowest BCUT2D eigenvalue weighted by Crippen LogP contribution is -2.45. The fourth-order valence-electron chi connectivity index (χ4n) is 5.54. The average Bonchev–Trinajstić information content (AvgIpc) is 3.67. The Hall–Kier alpha value is -5.25. The summed E-state index contributed by atoms with van der Waals surface area (Å²) in [6, 6.07) is 40.5. The minimum Gasteiger partial charge on any atom is -0.485 e. The van der Waals surface area contributed by atoms with Crippen molar-refractivity contribution in [2.24, 2.45) is 0 Å². The first-order valence-corrected chi connectivity index (χ1v) is 16.9. The molecule has 1 unspecified atom stereocenters. The molecule has 48 heavy (non-hydrogen) atoms. The van der Waals surface area contributed by atoms with E-state index in [1.54, 1.807) is 12.1 Å². The van der Waals surface area contributed by atoms with Crippen molar-refractivity contribution in [2.75, 3.05) is 5.75 Å². The number of hydrazine groups is 1. The van der Waals surface area contributed by atoms with Crippen LogP contribution < -0.4 is 14.9 Å². The number of ether oxygens (including phenoxy) is 2. The van der Waals surface area contributed by atoms with Gasteiger partial charge in [-0.2, -0.15) is 0 Å². The molecule has 1 aliphatic heterocycles. The molecule has 0 aliphatic carbocycles. The van der Waals surface area contributed by atoms with Crippen LogP contribution in [0, 0.1) is 0 Å². The van der Waals surface area contributed by atoms with Gasteiger partial charge in [0.2, 0.25) is 0 Å². The number of carbonyl (C=O) groups is 2. The van der Waals surface area contributed by atoms with Crippen LogP contribution in [0.15, 0.2) is 127 Å². The number of aromatic nitrogens is 2. The molecule has 2 heterocycles. The van der Waals surface area contributed by atoms with Gasteiger partial charge in [0.1, 0.15) is 31.0 Å². The Morgan fingerprint density at radius 2 is 1.46 bits per heavy atom. The molecule has 1 atom stereocenters. The lowest BCUT2D eigenvalue weighted by atomic mass is 10.2. The molecule has 7 rings (SSSR count). The van der Waals surface area contributed by atoms with Gasteiger partial charge in [0.05, 0.1) is 16.8 Å². The van der Waals surface area contributed by atoms with E-state index in [1.165, 1.54) is 16.8 Å². The number of rotatable bonds is 11. The summed E-state index contributed by atoms with van der Waals surface area (Å²) in [5.74, 6) is 1.45. The highest BCUT2D eigenvalue weighted by Crippen LogP contribution is 2.41. The first kappa shape index (κ1) is 31.4. The minimum absolute atomic E-state index is 0.0443. The number of imidazole rings is 1. The monoisotopic (exact) mass is 674 g/mol. The second kappa shape index (κ2) is 14.3. The molecule has 0 radical (unpaired) electrons. The SMILES string of the molecule is O=C(Cn1c(-c2ccc(Cl)cc2)nc2ccccc21)NN1C(=O)CSC1c1ccc(OCc2ccccc2)c(OCc2ccccc2)c1. The Morgan fingerprint density at radius 1 is 0.812 bits per heavy atom. The average molecular weight is 675 g/mol. The molecular formula is C38H31ClN4O4S.